The predicted octanol–water partition coefficient (Wildman–Crippen LogP) is 2.03. The van der Waals surface area contributed by atoms with E-state index in [1.807, 2.05) is 30.5 Å². The summed E-state index contributed by atoms with van der Waals surface area (Å²) < 4.78 is 2.27. The Morgan fingerprint density at radius 1 is 1.18 bits per heavy atom. The van der Waals surface area contributed by atoms with Gasteiger partial charge in [0.15, 0.2) is 5.65 Å². The quantitative estimate of drug-likeness (QED) is 0.407. The van der Waals surface area contributed by atoms with E-state index >= 15 is 0 Å². The fourth-order valence-electron chi connectivity index (χ4n) is 4.49. The van der Waals surface area contributed by atoms with Crippen LogP contribution in [-0.4, -0.2) is 67.0 Å². The molecule has 1 unspecified atom stereocenters. The number of imide groups is 1. The minimum atomic E-state index is -0.472. The molecule has 0 radical (unpaired) electrons. The number of urea groups is 1. The standard InChI is InChI=1S/C22H19BrN8O2/c23-18-16(10-29-5-6-30-17(11-29)21(32)28-22(30)33)27-20-14(9-26-31(20)19(18)24)13-7-12-3-1-2-4-15(12)25-8-13/h1-4,7-9,17H,5-6,10-11,24H2,(H,28,32,33). The Morgan fingerprint density at radius 2 is 2.03 bits per heavy atom. The molecular formula is C22H19BrN8O2. The number of benzene rings is 1. The van der Waals surface area contributed by atoms with Crippen LogP contribution in [0.1, 0.15) is 5.69 Å². The van der Waals surface area contributed by atoms with Crippen molar-refractivity contribution < 1.29 is 9.59 Å². The molecule has 5 heterocycles. The number of hydrogen-bond donors (Lipinski definition) is 2. The lowest BCUT2D eigenvalue weighted by Gasteiger charge is -2.35. The maximum Gasteiger partial charge on any atom is 0.324 e. The van der Waals surface area contributed by atoms with Crippen LogP contribution in [0, 0.1) is 0 Å². The highest BCUT2D eigenvalue weighted by molar-refractivity contribution is 9.10. The van der Waals surface area contributed by atoms with Crippen LogP contribution < -0.4 is 11.1 Å². The highest BCUT2D eigenvalue weighted by atomic mass is 79.9. The van der Waals surface area contributed by atoms with Crippen molar-refractivity contribution in [2.75, 3.05) is 25.4 Å². The summed E-state index contributed by atoms with van der Waals surface area (Å²) in [5, 5.41) is 7.86. The minimum Gasteiger partial charge on any atom is -0.383 e. The van der Waals surface area contributed by atoms with Gasteiger partial charge in [-0.15, -0.1) is 0 Å². The third-order valence-corrected chi connectivity index (χ3v) is 7.09. The van der Waals surface area contributed by atoms with Gasteiger partial charge in [0, 0.05) is 48.9 Å². The smallest absolute Gasteiger partial charge is 0.324 e. The van der Waals surface area contributed by atoms with Crippen molar-refractivity contribution in [3.63, 3.8) is 0 Å². The van der Waals surface area contributed by atoms with Crippen molar-refractivity contribution in [3.05, 3.63) is 52.9 Å². The van der Waals surface area contributed by atoms with Crippen molar-refractivity contribution in [1.29, 1.82) is 0 Å². The lowest BCUT2D eigenvalue weighted by atomic mass is 10.1. The molecular weight excluding hydrogens is 488 g/mol. The second-order valence-corrected chi connectivity index (χ2v) is 9.00. The molecule has 1 aromatic carbocycles. The number of para-hydroxylation sites is 1. The fourth-order valence-corrected chi connectivity index (χ4v) is 4.88. The lowest BCUT2D eigenvalue weighted by molar-refractivity contribution is -0.122. The van der Waals surface area contributed by atoms with E-state index in [1.165, 1.54) is 0 Å². The van der Waals surface area contributed by atoms with Gasteiger partial charge in [0.25, 0.3) is 5.91 Å². The molecule has 0 aliphatic carbocycles. The highest BCUT2D eigenvalue weighted by Gasteiger charge is 2.42. The second-order valence-electron chi connectivity index (χ2n) is 8.21. The van der Waals surface area contributed by atoms with Crippen LogP contribution >= 0.6 is 15.9 Å². The Bertz CT molecular complexity index is 1450. The molecule has 6 rings (SSSR count). The number of nitrogens with zero attached hydrogens (tertiary/aromatic N) is 6. The van der Waals surface area contributed by atoms with E-state index in [2.05, 4.69) is 42.3 Å². The van der Waals surface area contributed by atoms with Crippen LogP contribution in [0.2, 0.25) is 0 Å². The van der Waals surface area contributed by atoms with Gasteiger partial charge in [0.1, 0.15) is 11.9 Å². The van der Waals surface area contributed by atoms with Crippen LogP contribution in [-0.2, 0) is 11.3 Å². The molecule has 0 bridgehead atoms. The third kappa shape index (κ3) is 3.23. The molecule has 2 fully saturated rings. The monoisotopic (exact) mass is 506 g/mol. The largest absolute Gasteiger partial charge is 0.383 e. The number of pyridine rings is 1. The molecule has 0 saturated carbocycles. The first-order chi connectivity index (χ1) is 16.0. The minimum absolute atomic E-state index is 0.256. The Kier molecular flexibility index (Phi) is 4.56. The molecule has 1 atom stereocenters. The number of carbonyl (C=O) groups excluding carboxylic acids is 2. The molecule has 10 nitrogen and oxygen atoms in total. The second kappa shape index (κ2) is 7.49. The van der Waals surface area contributed by atoms with Gasteiger partial charge in [0.05, 0.1) is 21.9 Å². The van der Waals surface area contributed by atoms with Gasteiger partial charge >= 0.3 is 6.03 Å². The molecule has 0 spiro atoms. The van der Waals surface area contributed by atoms with Gasteiger partial charge < -0.3 is 10.6 Å². The summed E-state index contributed by atoms with van der Waals surface area (Å²) in [7, 11) is 0. The van der Waals surface area contributed by atoms with Gasteiger partial charge in [-0.1, -0.05) is 18.2 Å². The third-order valence-electron chi connectivity index (χ3n) is 6.22. The molecule has 33 heavy (non-hydrogen) atoms. The zero-order valence-corrected chi connectivity index (χ0v) is 19.0. The van der Waals surface area contributed by atoms with Gasteiger partial charge in [-0.05, 0) is 28.1 Å². The number of nitrogens with one attached hydrogen (secondary N) is 1. The number of nitrogens with two attached hydrogens (primary N) is 1. The number of carbonyl (C=O) groups is 2. The van der Waals surface area contributed by atoms with E-state index < -0.39 is 6.04 Å². The number of hydrogen-bond acceptors (Lipinski definition) is 7. The summed E-state index contributed by atoms with van der Waals surface area (Å²) >= 11 is 3.57. The summed E-state index contributed by atoms with van der Waals surface area (Å²) in [5.74, 6) is 0.191. The molecule has 3 N–H and O–H groups in total. The van der Waals surface area contributed by atoms with Crippen LogP contribution in [0.15, 0.2) is 47.2 Å². The number of fused-ring (bicyclic) bond motifs is 3. The van der Waals surface area contributed by atoms with Crippen molar-refractivity contribution in [3.8, 4) is 11.1 Å². The topological polar surface area (TPSA) is 122 Å². The average molecular weight is 507 g/mol. The SMILES string of the molecule is Nc1c(Br)c(CN2CCN3C(=O)NC(=O)C3C2)nc2c(-c3cnc4ccccc4c3)cnn12. The molecule has 2 aliphatic heterocycles. The molecule has 11 heteroatoms. The summed E-state index contributed by atoms with van der Waals surface area (Å²) in [4.78, 5) is 37.1. The lowest BCUT2D eigenvalue weighted by Crippen LogP contribution is -2.52. The van der Waals surface area contributed by atoms with Gasteiger partial charge in [-0.25, -0.2) is 9.78 Å². The number of anilines is 1. The van der Waals surface area contributed by atoms with Crippen molar-refractivity contribution in [2.24, 2.45) is 0 Å². The van der Waals surface area contributed by atoms with Crippen LogP contribution in [0.4, 0.5) is 10.6 Å². The van der Waals surface area contributed by atoms with Gasteiger partial charge in [-0.3, -0.25) is 20.0 Å². The van der Waals surface area contributed by atoms with Crippen molar-refractivity contribution in [2.45, 2.75) is 12.6 Å². The normalized spacial score (nSPS) is 18.8. The van der Waals surface area contributed by atoms with Crippen molar-refractivity contribution >= 4 is 50.2 Å². The van der Waals surface area contributed by atoms with Gasteiger partial charge in [0.2, 0.25) is 0 Å². The first-order valence-corrected chi connectivity index (χ1v) is 11.3. The Hall–Kier alpha value is -3.57. The Labute approximate surface area is 196 Å². The number of nitrogen functional groups attached to an aromatic ring is 1. The average Bonchev–Trinajstić information content (AvgIpc) is 3.37. The molecule has 166 valence electrons. The number of piperazine rings is 1. The summed E-state index contributed by atoms with van der Waals surface area (Å²) in [6.45, 7) is 2.04. The van der Waals surface area contributed by atoms with E-state index in [9.17, 15) is 9.59 Å². The number of aromatic nitrogens is 4. The zero-order chi connectivity index (χ0) is 22.7. The zero-order valence-electron chi connectivity index (χ0n) is 17.4. The fraction of sp³-hybridized carbons (Fsp3) is 0.227. The summed E-state index contributed by atoms with van der Waals surface area (Å²) in [6.07, 6.45) is 3.56. The predicted molar refractivity (Wildman–Crippen MR) is 125 cm³/mol. The maximum absolute atomic E-state index is 12.1. The first kappa shape index (κ1) is 20.1. The Balaban J connectivity index is 1.36. The first-order valence-electron chi connectivity index (χ1n) is 10.5. The molecule has 3 amide bonds. The van der Waals surface area contributed by atoms with Crippen LogP contribution in [0.25, 0.3) is 27.7 Å². The molecule has 3 aromatic heterocycles. The Morgan fingerprint density at radius 3 is 2.91 bits per heavy atom. The van der Waals surface area contributed by atoms with E-state index in [0.29, 0.717) is 42.1 Å². The molecule has 4 aromatic rings. The van der Waals surface area contributed by atoms with Gasteiger partial charge in [-0.2, -0.15) is 9.61 Å². The maximum atomic E-state index is 12.1. The molecule has 2 aliphatic rings. The molecule has 2 saturated heterocycles. The number of halogens is 1. The van der Waals surface area contributed by atoms with E-state index in [4.69, 9.17) is 10.7 Å². The van der Waals surface area contributed by atoms with Crippen LogP contribution in [0.3, 0.4) is 0 Å². The van der Waals surface area contributed by atoms with Crippen LogP contribution in [0.5, 0.6) is 0 Å². The van der Waals surface area contributed by atoms with E-state index in [1.54, 1.807) is 15.6 Å². The van der Waals surface area contributed by atoms with E-state index in [0.717, 1.165) is 27.7 Å². The summed E-state index contributed by atoms with van der Waals surface area (Å²) in [6, 6.07) is 9.20. The summed E-state index contributed by atoms with van der Waals surface area (Å²) in [5.41, 5.74) is 10.4. The number of amides is 3. The number of rotatable bonds is 3. The van der Waals surface area contributed by atoms with Crippen molar-refractivity contribution in [1.82, 2.24) is 34.7 Å². The van der Waals surface area contributed by atoms with E-state index in [-0.39, 0.29) is 11.9 Å². The highest BCUT2D eigenvalue weighted by Crippen LogP contribution is 2.31.